The van der Waals surface area contributed by atoms with Crippen molar-refractivity contribution in [2.75, 3.05) is 15.5 Å². The zero-order valence-electron chi connectivity index (χ0n) is 16.6. The van der Waals surface area contributed by atoms with Crippen LogP contribution in [0.3, 0.4) is 0 Å². The predicted octanol–water partition coefficient (Wildman–Crippen LogP) is 5.53. The molecule has 0 fully saturated rings. The second-order valence-electron chi connectivity index (χ2n) is 6.63. The van der Waals surface area contributed by atoms with E-state index in [-0.39, 0.29) is 0 Å². The van der Waals surface area contributed by atoms with Crippen LogP contribution in [0.25, 0.3) is 0 Å². The van der Waals surface area contributed by atoms with Gasteiger partial charge in [-0.2, -0.15) is 5.26 Å². The van der Waals surface area contributed by atoms with Gasteiger partial charge in [-0.15, -0.1) is 0 Å². The number of nitrogens with zero attached hydrogens (tertiary/aromatic N) is 4. The molecule has 4 aromatic rings. The summed E-state index contributed by atoms with van der Waals surface area (Å²) in [5, 5.41) is 15.7. The molecule has 2 aromatic carbocycles. The van der Waals surface area contributed by atoms with E-state index in [9.17, 15) is 0 Å². The molecular weight excluding hydrogens is 408 g/mol. The number of benzene rings is 2. The normalized spacial score (nSPS) is 10.2. The molecule has 0 bridgehead atoms. The molecule has 0 saturated heterocycles. The molecule has 0 aliphatic heterocycles. The lowest BCUT2D eigenvalue weighted by atomic mass is 10.1. The average molecular weight is 427 g/mol. The van der Waals surface area contributed by atoms with Gasteiger partial charge < -0.3 is 15.1 Å². The minimum absolute atomic E-state index is 0.436. The number of pyridine rings is 1. The second-order valence-corrected chi connectivity index (χ2v) is 7.03. The zero-order valence-corrected chi connectivity index (χ0v) is 17.4. The minimum Gasteiger partial charge on any atom is -0.432 e. The number of nitrogens with one attached hydrogen (secondary N) is 2. The fraction of sp³-hybridized carbons (Fsp3) is 0.0435. The monoisotopic (exact) mass is 426 g/mol. The van der Waals surface area contributed by atoms with Crippen molar-refractivity contribution in [3.05, 3.63) is 90.6 Å². The van der Waals surface area contributed by atoms with Gasteiger partial charge in [0, 0.05) is 23.8 Å². The number of oxazole rings is 1. The highest BCUT2D eigenvalue weighted by atomic mass is 32.1. The van der Waals surface area contributed by atoms with E-state index < -0.39 is 0 Å². The Morgan fingerprint density at radius 1 is 1.00 bits per heavy atom. The minimum atomic E-state index is 0.436. The van der Waals surface area contributed by atoms with E-state index in [1.165, 1.54) is 6.26 Å². The molecule has 7 nitrogen and oxygen atoms in total. The van der Waals surface area contributed by atoms with Crippen molar-refractivity contribution in [2.45, 2.75) is 6.92 Å². The van der Waals surface area contributed by atoms with Crippen molar-refractivity contribution in [3.63, 3.8) is 0 Å². The van der Waals surface area contributed by atoms with E-state index in [4.69, 9.17) is 21.9 Å². The molecule has 0 aliphatic carbocycles. The van der Waals surface area contributed by atoms with Crippen LogP contribution < -0.4 is 15.5 Å². The summed E-state index contributed by atoms with van der Waals surface area (Å²) >= 11 is 5.45. The van der Waals surface area contributed by atoms with Gasteiger partial charge in [0.25, 0.3) is 0 Å². The van der Waals surface area contributed by atoms with E-state index in [1.807, 2.05) is 42.2 Å². The van der Waals surface area contributed by atoms with Crippen LogP contribution >= 0.6 is 12.2 Å². The standard InChI is InChI=1S/C23H18N6OS/c1-16-2-5-19(28-22(31)27-18-6-3-17(15-24)4-7-18)14-21(16)29(23-26-12-13-30-23)20-8-10-25-11-9-20/h2-14H,1H3,(H2,27,28,31). The molecule has 0 amide bonds. The Bertz CT molecular complexity index is 1220. The topological polar surface area (TPSA) is 90.0 Å². The number of hydrogen-bond donors (Lipinski definition) is 2. The molecule has 0 saturated carbocycles. The summed E-state index contributed by atoms with van der Waals surface area (Å²) < 4.78 is 5.59. The van der Waals surface area contributed by atoms with Crippen LogP contribution in [-0.4, -0.2) is 15.1 Å². The summed E-state index contributed by atoms with van der Waals surface area (Å²) in [6.07, 6.45) is 6.59. The predicted molar refractivity (Wildman–Crippen MR) is 125 cm³/mol. The quantitative estimate of drug-likeness (QED) is 0.403. The van der Waals surface area contributed by atoms with Crippen molar-refractivity contribution in [3.8, 4) is 6.07 Å². The molecule has 0 atom stereocenters. The molecule has 31 heavy (non-hydrogen) atoms. The third kappa shape index (κ3) is 4.69. The summed E-state index contributed by atoms with van der Waals surface area (Å²) in [5.41, 5.74) is 4.98. The summed E-state index contributed by atoms with van der Waals surface area (Å²) in [6, 6.07) is 19.3. The van der Waals surface area contributed by atoms with E-state index in [0.29, 0.717) is 16.7 Å². The first-order valence-corrected chi connectivity index (χ1v) is 9.83. The van der Waals surface area contributed by atoms with Gasteiger partial charge in [-0.3, -0.25) is 9.88 Å². The number of thiocarbonyl (C=S) groups is 1. The number of nitriles is 1. The Labute approximate surface area is 185 Å². The maximum absolute atomic E-state index is 8.92. The number of anilines is 5. The third-order valence-corrected chi connectivity index (χ3v) is 4.72. The molecule has 2 aromatic heterocycles. The number of aryl methyl sites for hydroxylation is 1. The molecule has 0 radical (unpaired) electrons. The van der Waals surface area contributed by atoms with Crippen molar-refractivity contribution < 1.29 is 4.42 Å². The Morgan fingerprint density at radius 2 is 1.71 bits per heavy atom. The lowest BCUT2D eigenvalue weighted by Crippen LogP contribution is -2.19. The Morgan fingerprint density at radius 3 is 2.39 bits per heavy atom. The third-order valence-electron chi connectivity index (χ3n) is 4.51. The summed E-state index contributed by atoms with van der Waals surface area (Å²) in [7, 11) is 0. The van der Waals surface area contributed by atoms with Crippen molar-refractivity contribution >= 4 is 46.1 Å². The Kier molecular flexibility index (Phi) is 5.87. The molecule has 0 spiro atoms. The van der Waals surface area contributed by atoms with Gasteiger partial charge in [-0.25, -0.2) is 4.98 Å². The first kappa shape index (κ1) is 20.1. The van der Waals surface area contributed by atoms with Crippen LogP contribution in [-0.2, 0) is 0 Å². The maximum atomic E-state index is 8.92. The van der Waals surface area contributed by atoms with Crippen molar-refractivity contribution in [1.82, 2.24) is 9.97 Å². The van der Waals surface area contributed by atoms with Crippen molar-refractivity contribution in [2.24, 2.45) is 0 Å². The van der Waals surface area contributed by atoms with Gasteiger partial charge in [0.05, 0.1) is 29.2 Å². The van der Waals surface area contributed by atoms with Gasteiger partial charge in [0.2, 0.25) is 0 Å². The fourth-order valence-electron chi connectivity index (χ4n) is 3.02. The van der Waals surface area contributed by atoms with Gasteiger partial charge in [0.15, 0.2) is 5.11 Å². The summed E-state index contributed by atoms with van der Waals surface area (Å²) in [6.45, 7) is 2.02. The zero-order chi connectivity index (χ0) is 21.6. The van der Waals surface area contributed by atoms with E-state index in [0.717, 1.165) is 28.3 Å². The summed E-state index contributed by atoms with van der Waals surface area (Å²) in [5.74, 6) is 0. The number of hydrogen-bond acceptors (Lipinski definition) is 6. The largest absolute Gasteiger partial charge is 0.432 e. The van der Waals surface area contributed by atoms with Crippen LogP contribution in [0.2, 0.25) is 0 Å². The van der Waals surface area contributed by atoms with Crippen LogP contribution in [0.5, 0.6) is 0 Å². The Balaban J connectivity index is 1.60. The molecule has 152 valence electrons. The molecular formula is C23H18N6OS. The lowest BCUT2D eigenvalue weighted by molar-refractivity contribution is 0.565. The first-order valence-electron chi connectivity index (χ1n) is 9.42. The van der Waals surface area contributed by atoms with E-state index >= 15 is 0 Å². The van der Waals surface area contributed by atoms with Gasteiger partial charge in [-0.1, -0.05) is 6.07 Å². The SMILES string of the molecule is Cc1ccc(NC(=S)Nc2ccc(C#N)cc2)cc1N(c1ccncc1)c1ncco1. The highest BCUT2D eigenvalue weighted by molar-refractivity contribution is 7.80. The smallest absolute Gasteiger partial charge is 0.306 e. The van der Waals surface area contributed by atoms with E-state index in [1.54, 1.807) is 42.9 Å². The maximum Gasteiger partial charge on any atom is 0.306 e. The molecule has 0 aliphatic rings. The van der Waals surface area contributed by atoms with Crippen LogP contribution in [0.15, 0.2) is 83.9 Å². The highest BCUT2D eigenvalue weighted by Gasteiger charge is 2.18. The van der Waals surface area contributed by atoms with E-state index in [2.05, 4.69) is 26.7 Å². The molecule has 2 heterocycles. The van der Waals surface area contributed by atoms with Gasteiger partial charge in [-0.05, 0) is 73.2 Å². The fourth-order valence-corrected chi connectivity index (χ4v) is 3.26. The average Bonchev–Trinajstić information content (AvgIpc) is 3.32. The van der Waals surface area contributed by atoms with Crippen LogP contribution in [0.4, 0.5) is 28.8 Å². The van der Waals surface area contributed by atoms with Crippen LogP contribution in [0, 0.1) is 18.3 Å². The molecule has 8 heteroatoms. The van der Waals surface area contributed by atoms with Gasteiger partial charge in [0.1, 0.15) is 6.26 Å². The number of rotatable bonds is 5. The molecule has 2 N–H and O–H groups in total. The lowest BCUT2D eigenvalue weighted by Gasteiger charge is -2.23. The van der Waals surface area contributed by atoms with Crippen molar-refractivity contribution in [1.29, 1.82) is 5.26 Å². The summed E-state index contributed by atoms with van der Waals surface area (Å²) in [4.78, 5) is 10.3. The van der Waals surface area contributed by atoms with Gasteiger partial charge >= 0.3 is 6.01 Å². The molecule has 0 unspecified atom stereocenters. The first-order chi connectivity index (χ1) is 15.1. The Hall–Kier alpha value is -4.22. The number of aromatic nitrogens is 2. The molecule has 4 rings (SSSR count). The second kappa shape index (κ2) is 9.07. The van der Waals surface area contributed by atoms with Crippen LogP contribution in [0.1, 0.15) is 11.1 Å². The highest BCUT2D eigenvalue weighted by Crippen LogP contribution is 2.36.